The highest BCUT2D eigenvalue weighted by Crippen LogP contribution is 2.23. The number of piperazine rings is 1. The van der Waals surface area contributed by atoms with Gasteiger partial charge in [0, 0.05) is 31.4 Å². The summed E-state index contributed by atoms with van der Waals surface area (Å²) in [4.78, 5) is 6.58. The molecule has 1 aliphatic rings. The molecule has 0 unspecified atom stereocenters. The second-order valence-corrected chi connectivity index (χ2v) is 4.59. The molecule has 82 valence electrons. The molecule has 2 atom stereocenters. The third-order valence-corrected chi connectivity index (χ3v) is 2.89. The number of aromatic nitrogens is 1. The van der Waals surface area contributed by atoms with Gasteiger partial charge in [0.15, 0.2) is 0 Å². The van der Waals surface area contributed by atoms with Crippen molar-refractivity contribution < 1.29 is 0 Å². The van der Waals surface area contributed by atoms with Crippen LogP contribution < -0.4 is 10.2 Å². The number of nitrogens with one attached hydrogen (secondary N) is 1. The molecule has 1 fully saturated rings. The average molecular weight is 226 g/mol. The van der Waals surface area contributed by atoms with E-state index in [4.69, 9.17) is 11.6 Å². The monoisotopic (exact) mass is 225 g/mol. The van der Waals surface area contributed by atoms with Gasteiger partial charge in [-0.3, -0.25) is 0 Å². The number of halogens is 1. The molecule has 0 aliphatic carbocycles. The second kappa shape index (κ2) is 4.37. The van der Waals surface area contributed by atoms with Crippen LogP contribution in [0.3, 0.4) is 0 Å². The van der Waals surface area contributed by atoms with Crippen LogP contribution in [0.2, 0.25) is 5.02 Å². The minimum absolute atomic E-state index is 0.479. The highest BCUT2D eigenvalue weighted by molar-refractivity contribution is 6.32. The summed E-state index contributed by atoms with van der Waals surface area (Å²) in [7, 11) is 0. The molecule has 3 nitrogen and oxygen atoms in total. The first-order valence-corrected chi connectivity index (χ1v) is 5.66. The number of hydrogen-bond acceptors (Lipinski definition) is 3. The van der Waals surface area contributed by atoms with Crippen LogP contribution in [0.25, 0.3) is 0 Å². The first-order chi connectivity index (χ1) is 7.16. The normalized spacial score (nSPS) is 26.7. The summed E-state index contributed by atoms with van der Waals surface area (Å²) in [6.45, 7) is 6.28. The lowest BCUT2D eigenvalue weighted by Crippen LogP contribution is -2.54. The zero-order valence-electron chi connectivity index (χ0n) is 9.07. The molecule has 0 amide bonds. The first kappa shape index (κ1) is 10.7. The van der Waals surface area contributed by atoms with E-state index < -0.39 is 0 Å². The molecule has 1 aliphatic heterocycles. The number of hydrogen-bond donors (Lipinski definition) is 1. The zero-order valence-corrected chi connectivity index (χ0v) is 9.83. The third kappa shape index (κ3) is 2.41. The summed E-state index contributed by atoms with van der Waals surface area (Å²) >= 11 is 6.13. The maximum atomic E-state index is 6.13. The smallest absolute Gasteiger partial charge is 0.147 e. The Kier molecular flexibility index (Phi) is 3.12. The van der Waals surface area contributed by atoms with Crippen molar-refractivity contribution in [2.45, 2.75) is 25.9 Å². The van der Waals surface area contributed by atoms with Crippen molar-refractivity contribution >= 4 is 17.4 Å². The fourth-order valence-corrected chi connectivity index (χ4v) is 2.35. The largest absolute Gasteiger partial charge is 0.352 e. The van der Waals surface area contributed by atoms with E-state index in [1.165, 1.54) is 0 Å². The number of pyridine rings is 1. The molecule has 0 aromatic carbocycles. The van der Waals surface area contributed by atoms with Gasteiger partial charge in [-0.2, -0.15) is 0 Å². The Labute approximate surface area is 95.4 Å². The van der Waals surface area contributed by atoms with Crippen LogP contribution in [0.1, 0.15) is 13.8 Å². The van der Waals surface area contributed by atoms with Crippen LogP contribution in [-0.4, -0.2) is 30.2 Å². The fraction of sp³-hybridized carbons (Fsp3) is 0.545. The molecular weight excluding hydrogens is 210 g/mol. The summed E-state index contributed by atoms with van der Waals surface area (Å²) in [5.41, 5.74) is 0. The van der Waals surface area contributed by atoms with Crippen molar-refractivity contribution in [2.24, 2.45) is 0 Å². The maximum absolute atomic E-state index is 6.13. The molecule has 1 aromatic heterocycles. The molecule has 0 saturated carbocycles. The highest BCUT2D eigenvalue weighted by Gasteiger charge is 2.22. The van der Waals surface area contributed by atoms with Crippen molar-refractivity contribution in [3.05, 3.63) is 23.4 Å². The maximum Gasteiger partial charge on any atom is 0.147 e. The quantitative estimate of drug-likeness (QED) is 0.792. The van der Waals surface area contributed by atoms with Gasteiger partial charge >= 0.3 is 0 Å². The van der Waals surface area contributed by atoms with Gasteiger partial charge in [-0.25, -0.2) is 4.98 Å². The highest BCUT2D eigenvalue weighted by atomic mass is 35.5. The van der Waals surface area contributed by atoms with Crippen molar-refractivity contribution in [2.75, 3.05) is 18.0 Å². The predicted molar refractivity (Wildman–Crippen MR) is 63.5 cm³/mol. The van der Waals surface area contributed by atoms with E-state index in [1.807, 2.05) is 12.1 Å². The fourth-order valence-electron chi connectivity index (χ4n) is 2.11. The molecule has 1 aromatic rings. The Hall–Kier alpha value is -0.800. The molecule has 2 rings (SSSR count). The summed E-state index contributed by atoms with van der Waals surface area (Å²) in [6, 6.07) is 4.71. The van der Waals surface area contributed by atoms with E-state index >= 15 is 0 Å². The van der Waals surface area contributed by atoms with Crippen molar-refractivity contribution in [3.8, 4) is 0 Å². The van der Waals surface area contributed by atoms with Gasteiger partial charge in [0.1, 0.15) is 5.82 Å². The Balaban J connectivity index is 2.20. The van der Waals surface area contributed by atoms with E-state index in [2.05, 4.69) is 29.0 Å². The minimum Gasteiger partial charge on any atom is -0.352 e. The average Bonchev–Trinajstić information content (AvgIpc) is 2.16. The van der Waals surface area contributed by atoms with E-state index in [-0.39, 0.29) is 0 Å². The molecule has 1 N–H and O–H groups in total. The van der Waals surface area contributed by atoms with Crippen molar-refractivity contribution in [3.63, 3.8) is 0 Å². The standard InChI is InChI=1S/C11H16ClN3/c1-8-6-15(7-9(2)14-8)11-10(12)4-3-5-13-11/h3-5,8-9,14H,6-7H2,1-2H3/t8-,9+. The van der Waals surface area contributed by atoms with Crippen LogP contribution in [0.5, 0.6) is 0 Å². The lowest BCUT2D eigenvalue weighted by molar-refractivity contribution is 0.405. The summed E-state index contributed by atoms with van der Waals surface area (Å²) < 4.78 is 0. The molecular formula is C11H16ClN3. The predicted octanol–water partition coefficient (Wildman–Crippen LogP) is 1.92. The molecule has 0 spiro atoms. The lowest BCUT2D eigenvalue weighted by atomic mass is 10.1. The van der Waals surface area contributed by atoms with Gasteiger partial charge in [0.25, 0.3) is 0 Å². The topological polar surface area (TPSA) is 28.2 Å². The van der Waals surface area contributed by atoms with Gasteiger partial charge < -0.3 is 10.2 Å². The molecule has 0 radical (unpaired) electrons. The van der Waals surface area contributed by atoms with Gasteiger partial charge in [-0.1, -0.05) is 11.6 Å². The number of rotatable bonds is 1. The van der Waals surface area contributed by atoms with Gasteiger partial charge in [0.2, 0.25) is 0 Å². The van der Waals surface area contributed by atoms with E-state index in [1.54, 1.807) is 6.20 Å². The summed E-state index contributed by atoms with van der Waals surface area (Å²) in [5.74, 6) is 0.902. The SMILES string of the molecule is C[C@@H]1CN(c2ncccc2Cl)C[C@H](C)N1. The van der Waals surface area contributed by atoms with Crippen molar-refractivity contribution in [1.82, 2.24) is 10.3 Å². The van der Waals surface area contributed by atoms with Crippen molar-refractivity contribution in [1.29, 1.82) is 0 Å². The zero-order chi connectivity index (χ0) is 10.8. The van der Waals surface area contributed by atoms with Gasteiger partial charge in [0.05, 0.1) is 5.02 Å². The number of anilines is 1. The van der Waals surface area contributed by atoms with Crippen LogP contribution in [0.15, 0.2) is 18.3 Å². The molecule has 4 heteroatoms. The molecule has 2 heterocycles. The molecule has 0 bridgehead atoms. The Bertz CT molecular complexity index is 332. The van der Waals surface area contributed by atoms with E-state index in [0.29, 0.717) is 12.1 Å². The van der Waals surface area contributed by atoms with Gasteiger partial charge in [-0.15, -0.1) is 0 Å². The lowest BCUT2D eigenvalue weighted by Gasteiger charge is -2.37. The van der Waals surface area contributed by atoms with Gasteiger partial charge in [-0.05, 0) is 26.0 Å². The Morgan fingerprint density at radius 3 is 2.67 bits per heavy atom. The molecule has 15 heavy (non-hydrogen) atoms. The summed E-state index contributed by atoms with van der Waals surface area (Å²) in [5, 5.41) is 4.22. The Morgan fingerprint density at radius 2 is 2.07 bits per heavy atom. The van der Waals surface area contributed by atoms with Crippen LogP contribution in [0.4, 0.5) is 5.82 Å². The summed E-state index contributed by atoms with van der Waals surface area (Å²) in [6.07, 6.45) is 1.79. The van der Waals surface area contributed by atoms with E-state index in [0.717, 1.165) is 23.9 Å². The third-order valence-electron chi connectivity index (χ3n) is 2.60. The second-order valence-electron chi connectivity index (χ2n) is 4.18. The van der Waals surface area contributed by atoms with Crippen LogP contribution >= 0.6 is 11.6 Å². The van der Waals surface area contributed by atoms with E-state index in [9.17, 15) is 0 Å². The van der Waals surface area contributed by atoms with Crippen LogP contribution in [-0.2, 0) is 0 Å². The molecule has 1 saturated heterocycles. The minimum atomic E-state index is 0.479. The first-order valence-electron chi connectivity index (χ1n) is 5.28. The van der Waals surface area contributed by atoms with Crippen LogP contribution in [0, 0.1) is 0 Å². The number of nitrogens with zero attached hydrogens (tertiary/aromatic N) is 2. The Morgan fingerprint density at radius 1 is 1.40 bits per heavy atom.